The van der Waals surface area contributed by atoms with Gasteiger partial charge in [-0.3, -0.25) is 14.9 Å². The van der Waals surface area contributed by atoms with Crippen molar-refractivity contribution < 1.29 is 14.1 Å². The van der Waals surface area contributed by atoms with Crippen LogP contribution in [0.4, 0.5) is 9.39 Å². The minimum atomic E-state index is -0.546. The van der Waals surface area contributed by atoms with Crippen LogP contribution < -0.4 is 4.80 Å². The number of thiazole rings is 1. The Hall–Kier alpha value is -2.39. The highest BCUT2D eigenvalue weighted by Gasteiger charge is 2.15. The van der Waals surface area contributed by atoms with E-state index >= 15 is 0 Å². The molecule has 0 aliphatic rings. The summed E-state index contributed by atoms with van der Waals surface area (Å²) in [4.78, 5) is 27.0. The van der Waals surface area contributed by atoms with E-state index in [4.69, 9.17) is 0 Å². The molecule has 0 atom stereocenters. The number of hydrogen-bond donors (Lipinski definition) is 0. The molecule has 2 aromatic heterocycles. The van der Waals surface area contributed by atoms with Gasteiger partial charge in [0.05, 0.1) is 15.1 Å². The zero-order valence-electron chi connectivity index (χ0n) is 11.9. The minimum absolute atomic E-state index is 0.106. The van der Waals surface area contributed by atoms with Gasteiger partial charge in [0, 0.05) is 12.6 Å². The standard InChI is InChI=1S/C14H10FN3O3S2/c1-2-17-9-4-3-8(15)7-11(9)23-14(17)16-13(19)10-5-6-12(22-10)18(20)21/h3-7H,2H2,1H3. The predicted octanol–water partition coefficient (Wildman–Crippen LogP) is 3.57. The highest BCUT2D eigenvalue weighted by Crippen LogP contribution is 2.24. The number of hydrogen-bond acceptors (Lipinski definition) is 5. The number of nitrogens with zero attached hydrogens (tertiary/aromatic N) is 3. The van der Waals surface area contributed by atoms with Crippen LogP contribution in [0.1, 0.15) is 16.6 Å². The maximum Gasteiger partial charge on any atom is 0.324 e. The van der Waals surface area contributed by atoms with Crippen molar-refractivity contribution in [1.29, 1.82) is 0 Å². The number of carbonyl (C=O) groups is 1. The third-order valence-electron chi connectivity index (χ3n) is 3.14. The number of aromatic nitrogens is 1. The summed E-state index contributed by atoms with van der Waals surface area (Å²) in [6, 6.07) is 7.06. The number of thiophene rings is 1. The van der Waals surface area contributed by atoms with Crippen LogP contribution >= 0.6 is 22.7 Å². The Kier molecular flexibility index (Phi) is 4.05. The van der Waals surface area contributed by atoms with Gasteiger partial charge in [-0.2, -0.15) is 4.99 Å². The van der Waals surface area contributed by atoms with Crippen molar-refractivity contribution >= 4 is 43.8 Å². The monoisotopic (exact) mass is 351 g/mol. The largest absolute Gasteiger partial charge is 0.324 e. The van der Waals surface area contributed by atoms with E-state index in [9.17, 15) is 19.3 Å². The molecule has 0 N–H and O–H groups in total. The number of halogens is 1. The molecule has 23 heavy (non-hydrogen) atoms. The molecule has 6 nitrogen and oxygen atoms in total. The summed E-state index contributed by atoms with van der Waals surface area (Å²) < 4.78 is 15.8. The van der Waals surface area contributed by atoms with Gasteiger partial charge in [-0.25, -0.2) is 4.39 Å². The quantitative estimate of drug-likeness (QED) is 0.534. The fraction of sp³-hybridized carbons (Fsp3) is 0.143. The average molecular weight is 351 g/mol. The van der Waals surface area contributed by atoms with Crippen molar-refractivity contribution in [2.75, 3.05) is 0 Å². The molecule has 0 saturated heterocycles. The van der Waals surface area contributed by atoms with Gasteiger partial charge < -0.3 is 4.57 Å². The highest BCUT2D eigenvalue weighted by molar-refractivity contribution is 7.17. The molecular weight excluding hydrogens is 341 g/mol. The number of carbonyl (C=O) groups excluding carboxylic acids is 1. The molecule has 0 radical (unpaired) electrons. The lowest BCUT2D eigenvalue weighted by molar-refractivity contribution is -0.380. The van der Waals surface area contributed by atoms with Crippen molar-refractivity contribution in [3.8, 4) is 0 Å². The molecule has 0 saturated carbocycles. The summed E-state index contributed by atoms with van der Waals surface area (Å²) in [6.07, 6.45) is 0. The molecule has 118 valence electrons. The molecule has 1 aromatic carbocycles. The second-order valence-corrected chi connectivity index (χ2v) is 6.62. The summed E-state index contributed by atoms with van der Waals surface area (Å²) >= 11 is 1.99. The molecule has 3 aromatic rings. The lowest BCUT2D eigenvalue weighted by atomic mass is 10.3. The summed E-state index contributed by atoms with van der Waals surface area (Å²) in [5, 5.41) is 10.6. The number of benzene rings is 1. The van der Waals surface area contributed by atoms with Crippen LogP contribution in [0.5, 0.6) is 0 Å². The highest BCUT2D eigenvalue weighted by atomic mass is 32.1. The van der Waals surface area contributed by atoms with E-state index in [1.165, 1.54) is 35.6 Å². The van der Waals surface area contributed by atoms with E-state index in [-0.39, 0.29) is 15.7 Å². The Bertz CT molecular complexity index is 987. The van der Waals surface area contributed by atoms with Gasteiger partial charge in [0.25, 0.3) is 5.91 Å². The molecule has 9 heteroatoms. The Labute approximate surface area is 137 Å². The van der Waals surface area contributed by atoms with Gasteiger partial charge in [-0.15, -0.1) is 0 Å². The second-order valence-electron chi connectivity index (χ2n) is 4.55. The molecule has 3 rings (SSSR count). The number of rotatable bonds is 3. The molecule has 0 aliphatic carbocycles. The molecule has 0 aliphatic heterocycles. The van der Waals surface area contributed by atoms with E-state index in [1.807, 2.05) is 6.92 Å². The average Bonchev–Trinajstić information content (AvgIpc) is 3.10. The first-order chi connectivity index (χ1) is 11.0. The lowest BCUT2D eigenvalue weighted by Gasteiger charge is -1.99. The lowest BCUT2D eigenvalue weighted by Crippen LogP contribution is -2.15. The van der Waals surface area contributed by atoms with Crippen molar-refractivity contribution in [1.82, 2.24) is 4.57 Å². The number of nitro groups is 1. The van der Waals surface area contributed by atoms with Crippen molar-refractivity contribution in [3.05, 3.63) is 55.9 Å². The van der Waals surface area contributed by atoms with Crippen LogP contribution in [0, 0.1) is 15.9 Å². The number of aryl methyl sites for hydroxylation is 1. The minimum Gasteiger partial charge on any atom is -0.317 e. The maximum absolute atomic E-state index is 13.3. The molecule has 2 heterocycles. The molecule has 0 bridgehead atoms. The van der Waals surface area contributed by atoms with Gasteiger partial charge in [-0.05, 0) is 31.2 Å². The number of fused-ring (bicyclic) bond motifs is 1. The first kappa shape index (κ1) is 15.5. The van der Waals surface area contributed by atoms with Crippen LogP contribution in [0.15, 0.2) is 35.3 Å². The van der Waals surface area contributed by atoms with Gasteiger partial charge in [-0.1, -0.05) is 22.7 Å². The Balaban J connectivity index is 2.08. The third-order valence-corrected chi connectivity index (χ3v) is 5.21. The van der Waals surface area contributed by atoms with Gasteiger partial charge in [0.15, 0.2) is 4.80 Å². The van der Waals surface area contributed by atoms with Crippen molar-refractivity contribution in [3.63, 3.8) is 0 Å². The van der Waals surface area contributed by atoms with E-state index in [0.717, 1.165) is 16.9 Å². The molecule has 0 fully saturated rings. The smallest absolute Gasteiger partial charge is 0.317 e. The topological polar surface area (TPSA) is 77.5 Å². The van der Waals surface area contributed by atoms with E-state index in [2.05, 4.69) is 4.99 Å². The van der Waals surface area contributed by atoms with Crippen LogP contribution in [-0.2, 0) is 6.54 Å². The number of amides is 1. The Morgan fingerprint density at radius 3 is 2.78 bits per heavy atom. The normalized spacial score (nSPS) is 12.0. The Morgan fingerprint density at radius 1 is 1.35 bits per heavy atom. The van der Waals surface area contributed by atoms with Gasteiger partial charge in [0.1, 0.15) is 10.7 Å². The summed E-state index contributed by atoms with van der Waals surface area (Å²) in [5.74, 6) is -0.897. The summed E-state index contributed by atoms with van der Waals surface area (Å²) in [6.45, 7) is 2.47. The summed E-state index contributed by atoms with van der Waals surface area (Å²) in [5.41, 5.74) is 0.794. The Morgan fingerprint density at radius 2 is 2.13 bits per heavy atom. The zero-order valence-corrected chi connectivity index (χ0v) is 13.5. The van der Waals surface area contributed by atoms with E-state index in [0.29, 0.717) is 16.0 Å². The molecule has 0 unspecified atom stereocenters. The fourth-order valence-corrected chi connectivity index (χ4v) is 3.94. The molecular formula is C14H10FN3O3S2. The van der Waals surface area contributed by atoms with Crippen LogP contribution in [0.3, 0.4) is 0 Å². The first-order valence-corrected chi connectivity index (χ1v) is 8.25. The third kappa shape index (κ3) is 2.92. The van der Waals surface area contributed by atoms with Crippen molar-refractivity contribution in [2.24, 2.45) is 4.99 Å². The fourth-order valence-electron chi connectivity index (χ4n) is 2.12. The summed E-state index contributed by atoms with van der Waals surface area (Å²) in [7, 11) is 0. The molecule has 0 spiro atoms. The van der Waals surface area contributed by atoms with Crippen LogP contribution in [0.25, 0.3) is 10.2 Å². The predicted molar refractivity (Wildman–Crippen MR) is 86.3 cm³/mol. The van der Waals surface area contributed by atoms with E-state index < -0.39 is 10.8 Å². The first-order valence-electron chi connectivity index (χ1n) is 6.61. The van der Waals surface area contributed by atoms with Crippen LogP contribution in [0.2, 0.25) is 0 Å². The molecule has 1 amide bonds. The van der Waals surface area contributed by atoms with Crippen molar-refractivity contribution in [2.45, 2.75) is 13.5 Å². The second kappa shape index (κ2) is 6.01. The van der Waals surface area contributed by atoms with Gasteiger partial charge >= 0.3 is 5.00 Å². The van der Waals surface area contributed by atoms with E-state index in [1.54, 1.807) is 10.6 Å². The maximum atomic E-state index is 13.3. The zero-order chi connectivity index (χ0) is 16.6. The SMILES string of the molecule is CCn1c(=NC(=O)c2ccc([N+](=O)[O-])s2)sc2cc(F)ccc21. The van der Waals surface area contributed by atoms with Crippen LogP contribution in [-0.4, -0.2) is 15.4 Å². The van der Waals surface area contributed by atoms with Gasteiger partial charge in [0.2, 0.25) is 0 Å².